The SMILES string of the molecule is CCc1cc(C(=O)OC)c(NC(=O)CSc2nnc(C)n2-c2ccccc2)s1. The first-order valence-electron chi connectivity index (χ1n) is 8.64. The van der Waals surface area contributed by atoms with Gasteiger partial charge in [-0.25, -0.2) is 4.79 Å². The number of nitrogens with one attached hydrogen (secondary N) is 1. The Hall–Kier alpha value is -2.65. The van der Waals surface area contributed by atoms with Crippen LogP contribution >= 0.6 is 23.1 Å². The maximum atomic E-state index is 12.5. The summed E-state index contributed by atoms with van der Waals surface area (Å²) in [5.41, 5.74) is 1.32. The van der Waals surface area contributed by atoms with Crippen LogP contribution in [-0.2, 0) is 16.0 Å². The van der Waals surface area contributed by atoms with Crippen molar-refractivity contribution in [2.45, 2.75) is 25.4 Å². The van der Waals surface area contributed by atoms with Gasteiger partial charge in [0, 0.05) is 10.6 Å². The number of hydrogen-bond acceptors (Lipinski definition) is 7. The minimum atomic E-state index is -0.460. The van der Waals surface area contributed by atoms with Crippen LogP contribution < -0.4 is 5.32 Å². The van der Waals surface area contributed by atoms with Gasteiger partial charge in [-0.2, -0.15) is 0 Å². The summed E-state index contributed by atoms with van der Waals surface area (Å²) < 4.78 is 6.70. The summed E-state index contributed by atoms with van der Waals surface area (Å²) >= 11 is 2.67. The summed E-state index contributed by atoms with van der Waals surface area (Å²) in [5, 5.41) is 12.2. The first-order valence-corrected chi connectivity index (χ1v) is 10.4. The van der Waals surface area contributed by atoms with E-state index in [9.17, 15) is 9.59 Å². The predicted molar refractivity (Wildman–Crippen MR) is 110 cm³/mol. The molecule has 0 spiro atoms. The van der Waals surface area contributed by atoms with Gasteiger partial charge in [0.1, 0.15) is 10.8 Å². The molecule has 3 rings (SSSR count). The molecule has 0 saturated carbocycles. The minimum Gasteiger partial charge on any atom is -0.465 e. The van der Waals surface area contributed by atoms with Gasteiger partial charge in [-0.05, 0) is 31.5 Å². The highest BCUT2D eigenvalue weighted by Gasteiger charge is 2.19. The Bertz CT molecular complexity index is 982. The lowest BCUT2D eigenvalue weighted by Gasteiger charge is -2.08. The van der Waals surface area contributed by atoms with Crippen LogP contribution in [0, 0.1) is 6.92 Å². The van der Waals surface area contributed by atoms with Crippen molar-refractivity contribution >= 4 is 40.0 Å². The van der Waals surface area contributed by atoms with Crippen molar-refractivity contribution in [3.8, 4) is 5.69 Å². The van der Waals surface area contributed by atoms with Crippen molar-refractivity contribution in [3.05, 3.63) is 52.7 Å². The van der Waals surface area contributed by atoms with Gasteiger partial charge in [-0.3, -0.25) is 9.36 Å². The predicted octanol–water partition coefficient (Wildman–Crippen LogP) is 3.72. The maximum absolute atomic E-state index is 12.5. The zero-order chi connectivity index (χ0) is 20.1. The van der Waals surface area contributed by atoms with E-state index in [1.807, 2.05) is 48.7 Å². The zero-order valence-electron chi connectivity index (χ0n) is 15.8. The van der Waals surface area contributed by atoms with Gasteiger partial charge >= 0.3 is 5.97 Å². The molecule has 1 N–H and O–H groups in total. The first kappa shape index (κ1) is 20.1. The molecule has 1 amide bonds. The summed E-state index contributed by atoms with van der Waals surface area (Å²) in [6.07, 6.45) is 0.777. The van der Waals surface area contributed by atoms with Crippen molar-refractivity contribution in [2.75, 3.05) is 18.2 Å². The number of anilines is 1. The van der Waals surface area contributed by atoms with Crippen molar-refractivity contribution in [3.63, 3.8) is 0 Å². The third kappa shape index (κ3) is 4.42. The molecule has 0 aliphatic rings. The van der Waals surface area contributed by atoms with E-state index in [1.54, 1.807) is 6.07 Å². The Kier molecular flexibility index (Phi) is 6.48. The van der Waals surface area contributed by atoms with Crippen LogP contribution in [0.15, 0.2) is 41.6 Å². The molecule has 0 bridgehead atoms. The van der Waals surface area contributed by atoms with Gasteiger partial charge in [0.05, 0.1) is 18.4 Å². The first-order chi connectivity index (χ1) is 13.5. The van der Waals surface area contributed by atoms with Crippen LogP contribution in [-0.4, -0.2) is 39.5 Å². The van der Waals surface area contributed by atoms with Crippen LogP contribution in [0.5, 0.6) is 0 Å². The quantitative estimate of drug-likeness (QED) is 0.467. The summed E-state index contributed by atoms with van der Waals surface area (Å²) in [4.78, 5) is 25.4. The second-order valence-electron chi connectivity index (χ2n) is 5.84. The van der Waals surface area contributed by atoms with E-state index in [0.717, 1.165) is 22.8 Å². The number of methoxy groups -OCH3 is 1. The van der Waals surface area contributed by atoms with Crippen LogP contribution in [0.2, 0.25) is 0 Å². The van der Waals surface area contributed by atoms with Crippen LogP contribution in [0.3, 0.4) is 0 Å². The largest absolute Gasteiger partial charge is 0.465 e. The number of amides is 1. The van der Waals surface area contributed by atoms with Gasteiger partial charge in [0.2, 0.25) is 5.91 Å². The normalized spacial score (nSPS) is 10.7. The van der Waals surface area contributed by atoms with Gasteiger partial charge < -0.3 is 10.1 Å². The molecule has 7 nitrogen and oxygen atoms in total. The molecule has 2 heterocycles. The lowest BCUT2D eigenvalue weighted by molar-refractivity contribution is -0.113. The molecule has 0 radical (unpaired) electrons. The van der Waals surface area contributed by atoms with Gasteiger partial charge in [-0.15, -0.1) is 21.5 Å². The number of carbonyl (C=O) groups excluding carboxylic acids is 2. The standard InChI is InChI=1S/C19H20N4O3S2/c1-4-14-10-15(18(25)26-3)17(28-14)20-16(24)11-27-19-22-21-12(2)23(19)13-8-6-5-7-9-13/h5-10H,4,11H2,1-3H3,(H,20,24). The van der Waals surface area contributed by atoms with E-state index in [0.29, 0.717) is 15.7 Å². The van der Waals surface area contributed by atoms with E-state index in [4.69, 9.17) is 4.74 Å². The maximum Gasteiger partial charge on any atom is 0.340 e. The van der Waals surface area contributed by atoms with Crippen LogP contribution in [0.25, 0.3) is 5.69 Å². The summed E-state index contributed by atoms with van der Waals surface area (Å²) in [7, 11) is 1.33. The van der Waals surface area contributed by atoms with Crippen LogP contribution in [0.4, 0.5) is 5.00 Å². The number of ether oxygens (including phenoxy) is 1. The Morgan fingerprint density at radius 2 is 2.00 bits per heavy atom. The van der Waals surface area contributed by atoms with Gasteiger partial charge in [-0.1, -0.05) is 36.9 Å². The minimum absolute atomic E-state index is 0.144. The van der Waals surface area contributed by atoms with E-state index >= 15 is 0 Å². The molecular formula is C19H20N4O3S2. The lowest BCUT2D eigenvalue weighted by Crippen LogP contribution is -2.16. The molecule has 3 aromatic rings. The highest BCUT2D eigenvalue weighted by Crippen LogP contribution is 2.30. The number of aryl methyl sites for hydroxylation is 2. The number of hydrogen-bond donors (Lipinski definition) is 1. The Morgan fingerprint density at radius 1 is 1.25 bits per heavy atom. The molecule has 146 valence electrons. The Labute approximate surface area is 171 Å². The molecular weight excluding hydrogens is 396 g/mol. The van der Waals surface area contributed by atoms with Crippen molar-refractivity contribution in [1.82, 2.24) is 14.8 Å². The number of esters is 1. The second-order valence-corrected chi connectivity index (χ2v) is 7.92. The summed E-state index contributed by atoms with van der Waals surface area (Å²) in [6.45, 7) is 3.86. The highest BCUT2D eigenvalue weighted by molar-refractivity contribution is 7.99. The monoisotopic (exact) mass is 416 g/mol. The molecule has 0 aliphatic heterocycles. The summed E-state index contributed by atoms with van der Waals surface area (Å²) in [5.74, 6) is 0.205. The summed E-state index contributed by atoms with van der Waals surface area (Å²) in [6, 6.07) is 11.5. The average molecular weight is 417 g/mol. The van der Waals surface area contributed by atoms with E-state index in [2.05, 4.69) is 15.5 Å². The average Bonchev–Trinajstić information content (AvgIpc) is 3.29. The number of rotatable bonds is 7. The zero-order valence-corrected chi connectivity index (χ0v) is 17.4. The third-order valence-corrected chi connectivity index (χ3v) is 6.06. The third-order valence-electron chi connectivity index (χ3n) is 3.93. The van der Waals surface area contributed by atoms with Crippen LogP contribution in [0.1, 0.15) is 28.0 Å². The number of thioether (sulfide) groups is 1. The molecule has 0 atom stereocenters. The highest BCUT2D eigenvalue weighted by atomic mass is 32.2. The van der Waals surface area contributed by atoms with Gasteiger partial charge in [0.15, 0.2) is 5.16 Å². The molecule has 0 saturated heterocycles. The fourth-order valence-corrected chi connectivity index (χ4v) is 4.37. The van der Waals surface area contributed by atoms with Gasteiger partial charge in [0.25, 0.3) is 0 Å². The van der Waals surface area contributed by atoms with E-state index in [-0.39, 0.29) is 11.7 Å². The fourth-order valence-electron chi connectivity index (χ4n) is 2.57. The lowest BCUT2D eigenvalue weighted by atomic mass is 10.2. The molecule has 28 heavy (non-hydrogen) atoms. The number of nitrogens with zero attached hydrogens (tertiary/aromatic N) is 3. The second kappa shape index (κ2) is 9.03. The fraction of sp³-hybridized carbons (Fsp3) is 0.263. The molecule has 0 unspecified atom stereocenters. The molecule has 0 aliphatic carbocycles. The molecule has 9 heteroatoms. The number of carbonyl (C=O) groups is 2. The molecule has 2 aromatic heterocycles. The Morgan fingerprint density at radius 3 is 2.68 bits per heavy atom. The smallest absolute Gasteiger partial charge is 0.340 e. The molecule has 0 fully saturated rings. The number of thiophene rings is 1. The number of para-hydroxylation sites is 1. The van der Waals surface area contributed by atoms with Crippen molar-refractivity contribution in [2.24, 2.45) is 0 Å². The van der Waals surface area contributed by atoms with E-state index in [1.165, 1.54) is 30.2 Å². The number of aromatic nitrogens is 3. The number of benzene rings is 1. The van der Waals surface area contributed by atoms with E-state index < -0.39 is 5.97 Å². The topological polar surface area (TPSA) is 86.1 Å². The van der Waals surface area contributed by atoms with Crippen molar-refractivity contribution in [1.29, 1.82) is 0 Å². The van der Waals surface area contributed by atoms with Crippen molar-refractivity contribution < 1.29 is 14.3 Å². The Balaban J connectivity index is 1.71. The molecule has 1 aromatic carbocycles.